The van der Waals surface area contributed by atoms with Gasteiger partial charge >= 0.3 is 5.97 Å². The van der Waals surface area contributed by atoms with Crippen LogP contribution in [0.3, 0.4) is 0 Å². The van der Waals surface area contributed by atoms with Crippen molar-refractivity contribution in [3.63, 3.8) is 0 Å². The average molecular weight is 419 g/mol. The fourth-order valence-electron chi connectivity index (χ4n) is 9.36. The third-order valence-corrected chi connectivity index (χ3v) is 10.8. The number of ketones is 1. The molecule has 0 bridgehead atoms. The van der Waals surface area contributed by atoms with E-state index < -0.39 is 11.5 Å². The van der Waals surface area contributed by atoms with E-state index in [1.807, 2.05) is 0 Å². The molecule has 4 aliphatic carbocycles. The molecule has 0 spiro atoms. The standard InChI is InChI=1S/C26H42O4/c1-6-7-16(2)19-8-9-20-18-14-22(28)26(23(29)30-5)15-17(27)10-13-25(26,4)21(18)11-12-24(19,20)3/h16,18-22,28H,6-15H2,1-5H3/t16-,18+,19-,20+,21+,22?,24-,25-,26?/m1/s1. The highest BCUT2D eigenvalue weighted by molar-refractivity contribution is 5.90. The van der Waals surface area contributed by atoms with Crippen molar-refractivity contribution >= 4 is 11.8 Å². The first-order valence-electron chi connectivity index (χ1n) is 12.4. The zero-order valence-corrected chi connectivity index (χ0v) is 19.7. The van der Waals surface area contributed by atoms with Crippen molar-refractivity contribution in [3.8, 4) is 0 Å². The van der Waals surface area contributed by atoms with Gasteiger partial charge in [-0.05, 0) is 78.9 Å². The molecule has 2 unspecified atom stereocenters. The molecule has 0 aliphatic heterocycles. The summed E-state index contributed by atoms with van der Waals surface area (Å²) in [5.41, 5.74) is -1.06. The van der Waals surface area contributed by atoms with Gasteiger partial charge in [-0.15, -0.1) is 0 Å². The largest absolute Gasteiger partial charge is 0.468 e. The first-order chi connectivity index (χ1) is 14.2. The third-order valence-electron chi connectivity index (χ3n) is 10.8. The lowest BCUT2D eigenvalue weighted by Gasteiger charge is -2.65. The predicted octanol–water partition coefficient (Wildman–Crippen LogP) is 5.16. The number of hydrogen-bond acceptors (Lipinski definition) is 4. The Morgan fingerprint density at radius 1 is 1.20 bits per heavy atom. The van der Waals surface area contributed by atoms with Crippen LogP contribution in [0.5, 0.6) is 0 Å². The number of hydrogen-bond donors (Lipinski definition) is 1. The summed E-state index contributed by atoms with van der Waals surface area (Å²) in [5.74, 6) is 2.74. The van der Waals surface area contributed by atoms with Gasteiger partial charge in [0.15, 0.2) is 0 Å². The number of esters is 1. The van der Waals surface area contributed by atoms with Crippen LogP contribution in [0.1, 0.15) is 91.9 Å². The van der Waals surface area contributed by atoms with Crippen molar-refractivity contribution in [3.05, 3.63) is 0 Å². The molecule has 30 heavy (non-hydrogen) atoms. The second-order valence-electron chi connectivity index (χ2n) is 11.7. The number of carbonyl (C=O) groups excluding carboxylic acids is 2. The fraction of sp³-hybridized carbons (Fsp3) is 0.923. The van der Waals surface area contributed by atoms with Crippen LogP contribution in [0, 0.1) is 45.8 Å². The maximum atomic E-state index is 13.1. The van der Waals surface area contributed by atoms with E-state index in [1.54, 1.807) is 0 Å². The topological polar surface area (TPSA) is 63.6 Å². The smallest absolute Gasteiger partial charge is 0.315 e. The predicted molar refractivity (Wildman–Crippen MR) is 117 cm³/mol. The Labute approximate surface area is 182 Å². The van der Waals surface area contributed by atoms with Crippen LogP contribution in [-0.4, -0.2) is 30.1 Å². The normalized spacial score (nSPS) is 49.0. The molecule has 0 radical (unpaired) electrons. The Bertz CT molecular complexity index is 703. The van der Waals surface area contributed by atoms with Crippen molar-refractivity contribution in [2.24, 2.45) is 45.8 Å². The molecule has 0 aromatic rings. The van der Waals surface area contributed by atoms with E-state index in [2.05, 4.69) is 27.7 Å². The minimum Gasteiger partial charge on any atom is -0.468 e. The molecule has 9 atom stereocenters. The van der Waals surface area contributed by atoms with Crippen LogP contribution >= 0.6 is 0 Å². The summed E-state index contributed by atoms with van der Waals surface area (Å²) in [4.78, 5) is 25.6. The fourth-order valence-corrected chi connectivity index (χ4v) is 9.36. The third kappa shape index (κ3) is 2.81. The molecule has 4 nitrogen and oxygen atoms in total. The van der Waals surface area contributed by atoms with Crippen molar-refractivity contribution in [1.29, 1.82) is 0 Å². The van der Waals surface area contributed by atoms with E-state index in [-0.39, 0.29) is 23.6 Å². The molecule has 0 aromatic heterocycles. The van der Waals surface area contributed by atoms with Crippen LogP contribution < -0.4 is 0 Å². The molecule has 1 N–H and O–H groups in total. The Morgan fingerprint density at radius 2 is 1.93 bits per heavy atom. The number of rotatable bonds is 4. The number of fused-ring (bicyclic) bond motifs is 5. The minimum atomic E-state index is -1.06. The maximum Gasteiger partial charge on any atom is 0.315 e. The zero-order chi connectivity index (χ0) is 21.9. The molecule has 170 valence electrons. The highest BCUT2D eigenvalue weighted by Crippen LogP contribution is 2.71. The van der Waals surface area contributed by atoms with Gasteiger partial charge in [-0.1, -0.05) is 40.5 Å². The van der Waals surface area contributed by atoms with Gasteiger partial charge in [-0.2, -0.15) is 0 Å². The van der Waals surface area contributed by atoms with Gasteiger partial charge in [0.25, 0.3) is 0 Å². The van der Waals surface area contributed by atoms with Crippen LogP contribution in [0.15, 0.2) is 0 Å². The lowest BCUT2D eigenvalue weighted by atomic mass is 9.39. The molecule has 4 rings (SSSR count). The first kappa shape index (κ1) is 22.3. The highest BCUT2D eigenvalue weighted by Gasteiger charge is 2.70. The van der Waals surface area contributed by atoms with Crippen LogP contribution in [0.2, 0.25) is 0 Å². The highest BCUT2D eigenvalue weighted by atomic mass is 16.5. The average Bonchev–Trinajstić information content (AvgIpc) is 3.06. The van der Waals surface area contributed by atoms with Crippen molar-refractivity contribution in [1.82, 2.24) is 0 Å². The monoisotopic (exact) mass is 418 g/mol. The van der Waals surface area contributed by atoms with E-state index in [0.717, 1.165) is 18.3 Å². The quantitative estimate of drug-likeness (QED) is 0.640. The van der Waals surface area contributed by atoms with Gasteiger partial charge in [0.2, 0.25) is 0 Å². The van der Waals surface area contributed by atoms with Gasteiger partial charge in [-0.3, -0.25) is 9.59 Å². The molecule has 4 heteroatoms. The van der Waals surface area contributed by atoms with E-state index in [0.29, 0.717) is 42.4 Å². The van der Waals surface area contributed by atoms with Crippen LogP contribution in [-0.2, 0) is 14.3 Å². The summed E-state index contributed by atoms with van der Waals surface area (Å²) >= 11 is 0. The van der Waals surface area contributed by atoms with E-state index in [1.165, 1.54) is 39.2 Å². The summed E-state index contributed by atoms with van der Waals surface area (Å²) in [6.07, 6.45) is 8.69. The lowest BCUT2D eigenvalue weighted by Crippen LogP contribution is -2.67. The second-order valence-corrected chi connectivity index (χ2v) is 11.7. The Kier molecular flexibility index (Phi) is 5.65. The van der Waals surface area contributed by atoms with Gasteiger partial charge < -0.3 is 9.84 Å². The molecular weight excluding hydrogens is 376 g/mol. The SMILES string of the molecule is CCC[C@@H](C)[C@H]1CC[C@H]2[C@@H]3CC(O)C4(C(=O)OC)CC(=O)CC[C@]4(C)[C@H]3CC[C@]12C. The molecule has 4 fully saturated rings. The van der Waals surface area contributed by atoms with E-state index in [4.69, 9.17) is 4.74 Å². The van der Waals surface area contributed by atoms with Gasteiger partial charge in [0.1, 0.15) is 11.2 Å². The summed E-state index contributed by atoms with van der Waals surface area (Å²) in [6, 6.07) is 0. The van der Waals surface area contributed by atoms with Gasteiger partial charge in [0.05, 0.1) is 13.2 Å². The zero-order valence-electron chi connectivity index (χ0n) is 19.7. The Morgan fingerprint density at radius 3 is 2.60 bits per heavy atom. The number of aliphatic hydroxyl groups is 1. The second kappa shape index (κ2) is 7.60. The lowest BCUT2D eigenvalue weighted by molar-refractivity contribution is -0.225. The molecule has 0 amide bonds. The Hall–Kier alpha value is -0.900. The number of aliphatic hydroxyl groups excluding tert-OH is 1. The minimum absolute atomic E-state index is 0.102. The van der Waals surface area contributed by atoms with Crippen molar-refractivity contribution < 1.29 is 19.4 Å². The van der Waals surface area contributed by atoms with Crippen LogP contribution in [0.25, 0.3) is 0 Å². The molecule has 0 aromatic carbocycles. The molecule has 4 aliphatic rings. The van der Waals surface area contributed by atoms with Crippen molar-refractivity contribution in [2.75, 3.05) is 7.11 Å². The van der Waals surface area contributed by atoms with E-state index in [9.17, 15) is 14.7 Å². The molecule has 0 heterocycles. The molecule has 4 saturated carbocycles. The number of Topliss-reactive ketones (excluding diaryl/α,β-unsaturated/α-hetero) is 1. The molecule has 0 saturated heterocycles. The van der Waals surface area contributed by atoms with Crippen molar-refractivity contribution in [2.45, 2.75) is 98.0 Å². The van der Waals surface area contributed by atoms with Gasteiger partial charge in [-0.25, -0.2) is 0 Å². The number of ether oxygens (including phenoxy) is 1. The molecular formula is C26H42O4. The van der Waals surface area contributed by atoms with Crippen LogP contribution in [0.4, 0.5) is 0 Å². The number of carbonyl (C=O) groups is 2. The summed E-state index contributed by atoms with van der Waals surface area (Å²) in [6.45, 7) is 9.46. The summed E-state index contributed by atoms with van der Waals surface area (Å²) < 4.78 is 5.24. The van der Waals surface area contributed by atoms with Gasteiger partial charge in [0, 0.05) is 12.8 Å². The summed E-state index contributed by atoms with van der Waals surface area (Å²) in [5, 5.41) is 11.5. The first-order valence-corrected chi connectivity index (χ1v) is 12.4. The summed E-state index contributed by atoms with van der Waals surface area (Å²) in [7, 11) is 1.41. The maximum absolute atomic E-state index is 13.1. The van der Waals surface area contributed by atoms with E-state index >= 15 is 0 Å². The Balaban J connectivity index is 1.70. The number of methoxy groups -OCH3 is 1.